The van der Waals surface area contributed by atoms with Crippen molar-refractivity contribution in [1.82, 2.24) is 29.4 Å². The molecule has 0 fully saturated rings. The van der Waals surface area contributed by atoms with Gasteiger partial charge in [-0.15, -0.1) is 16.4 Å². The van der Waals surface area contributed by atoms with Gasteiger partial charge in [0.05, 0.1) is 15.6 Å². The standard InChI is InChI=1S/C22H27BrN6S/c1-12-19(23)13(2)28(26-12)9-8-17-25-20-18-15-7-6-14(22(3,4)5)10-16(15)30-21(18)24-11-29(20)27-17/h11,14H,6-10H2,1-5H3. The van der Waals surface area contributed by atoms with E-state index in [2.05, 4.69) is 48.7 Å². The lowest BCUT2D eigenvalue weighted by Crippen LogP contribution is -2.26. The number of nitrogens with zero attached hydrogens (tertiary/aromatic N) is 6. The number of fused-ring (bicyclic) bond motifs is 5. The average Bonchev–Trinajstić information content (AvgIpc) is 3.34. The Morgan fingerprint density at radius 3 is 2.73 bits per heavy atom. The molecule has 0 radical (unpaired) electrons. The van der Waals surface area contributed by atoms with Gasteiger partial charge < -0.3 is 0 Å². The van der Waals surface area contributed by atoms with Crippen LogP contribution < -0.4 is 0 Å². The quantitative estimate of drug-likeness (QED) is 0.393. The zero-order valence-electron chi connectivity index (χ0n) is 18.2. The first-order chi connectivity index (χ1) is 14.2. The average molecular weight is 487 g/mol. The summed E-state index contributed by atoms with van der Waals surface area (Å²) in [5.41, 5.74) is 4.91. The van der Waals surface area contributed by atoms with E-state index in [-0.39, 0.29) is 0 Å². The molecule has 0 N–H and O–H groups in total. The second-order valence-corrected chi connectivity index (χ2v) is 11.4. The fourth-order valence-corrected chi connectivity index (χ4v) is 6.11. The lowest BCUT2D eigenvalue weighted by molar-refractivity contribution is 0.218. The maximum absolute atomic E-state index is 4.93. The molecule has 1 atom stereocenters. The van der Waals surface area contributed by atoms with Crippen molar-refractivity contribution in [3.05, 3.63) is 38.5 Å². The molecule has 0 spiro atoms. The monoisotopic (exact) mass is 486 g/mol. The maximum Gasteiger partial charge on any atom is 0.167 e. The van der Waals surface area contributed by atoms with Crippen LogP contribution in [0.2, 0.25) is 0 Å². The molecule has 30 heavy (non-hydrogen) atoms. The summed E-state index contributed by atoms with van der Waals surface area (Å²) in [6, 6.07) is 0. The molecule has 158 valence electrons. The van der Waals surface area contributed by atoms with Gasteiger partial charge in [0.2, 0.25) is 0 Å². The highest BCUT2D eigenvalue weighted by Crippen LogP contribution is 2.43. The van der Waals surface area contributed by atoms with Crippen molar-refractivity contribution in [3.63, 3.8) is 0 Å². The van der Waals surface area contributed by atoms with Crippen LogP contribution in [0.5, 0.6) is 0 Å². The molecule has 0 aromatic carbocycles. The Hall–Kier alpha value is -1.80. The van der Waals surface area contributed by atoms with E-state index in [0.717, 1.165) is 63.9 Å². The molecule has 8 heteroatoms. The highest BCUT2D eigenvalue weighted by atomic mass is 79.9. The van der Waals surface area contributed by atoms with Crippen molar-refractivity contribution in [2.45, 2.75) is 66.8 Å². The van der Waals surface area contributed by atoms with Gasteiger partial charge in [0.15, 0.2) is 11.5 Å². The van der Waals surface area contributed by atoms with Gasteiger partial charge in [-0.3, -0.25) is 4.68 Å². The van der Waals surface area contributed by atoms with E-state index < -0.39 is 0 Å². The summed E-state index contributed by atoms with van der Waals surface area (Å²) >= 11 is 5.45. The summed E-state index contributed by atoms with van der Waals surface area (Å²) in [6.45, 7) is 11.9. The third-order valence-electron chi connectivity index (χ3n) is 6.49. The van der Waals surface area contributed by atoms with E-state index >= 15 is 0 Å². The van der Waals surface area contributed by atoms with Crippen LogP contribution in [0.3, 0.4) is 0 Å². The molecule has 4 aromatic heterocycles. The Morgan fingerprint density at radius 2 is 2.03 bits per heavy atom. The molecule has 4 heterocycles. The predicted molar refractivity (Wildman–Crippen MR) is 124 cm³/mol. The molecule has 0 bridgehead atoms. The van der Waals surface area contributed by atoms with Crippen LogP contribution in [0.4, 0.5) is 0 Å². The van der Waals surface area contributed by atoms with Crippen molar-refractivity contribution in [3.8, 4) is 0 Å². The second kappa shape index (κ2) is 7.12. The van der Waals surface area contributed by atoms with Crippen LogP contribution in [-0.4, -0.2) is 29.4 Å². The zero-order valence-corrected chi connectivity index (χ0v) is 20.6. The molecule has 0 amide bonds. The molecular formula is C22H27BrN6S. The van der Waals surface area contributed by atoms with Crippen LogP contribution >= 0.6 is 27.3 Å². The molecule has 4 aromatic rings. The largest absolute Gasteiger partial charge is 0.268 e. The molecule has 5 rings (SSSR count). The lowest BCUT2D eigenvalue weighted by Gasteiger charge is -2.33. The van der Waals surface area contributed by atoms with Crippen LogP contribution in [0, 0.1) is 25.2 Å². The first-order valence-corrected chi connectivity index (χ1v) is 12.2. The fourth-order valence-electron chi connectivity index (χ4n) is 4.56. The normalized spacial score (nSPS) is 17.2. The smallest absolute Gasteiger partial charge is 0.167 e. The number of thiophene rings is 1. The summed E-state index contributed by atoms with van der Waals surface area (Å²) in [5.74, 6) is 1.57. The minimum Gasteiger partial charge on any atom is -0.268 e. The highest BCUT2D eigenvalue weighted by molar-refractivity contribution is 9.10. The van der Waals surface area contributed by atoms with Gasteiger partial charge in [0.1, 0.15) is 11.2 Å². The van der Waals surface area contributed by atoms with E-state index in [0.29, 0.717) is 5.41 Å². The minimum atomic E-state index is 0.344. The third-order valence-corrected chi connectivity index (χ3v) is 8.80. The fraction of sp³-hybridized carbons (Fsp3) is 0.545. The van der Waals surface area contributed by atoms with Gasteiger partial charge in [-0.2, -0.15) is 5.10 Å². The molecular weight excluding hydrogens is 460 g/mol. The van der Waals surface area contributed by atoms with Crippen LogP contribution in [-0.2, 0) is 25.8 Å². The van der Waals surface area contributed by atoms with Gasteiger partial charge >= 0.3 is 0 Å². The second-order valence-electron chi connectivity index (χ2n) is 9.49. The number of hydrogen-bond donors (Lipinski definition) is 0. The maximum atomic E-state index is 4.93. The van der Waals surface area contributed by atoms with E-state index in [4.69, 9.17) is 15.1 Å². The molecule has 1 aliphatic rings. The Morgan fingerprint density at radius 1 is 1.23 bits per heavy atom. The predicted octanol–water partition coefficient (Wildman–Crippen LogP) is 5.31. The van der Waals surface area contributed by atoms with E-state index in [1.807, 2.05) is 33.8 Å². The number of halogens is 1. The Balaban J connectivity index is 1.48. The minimum absolute atomic E-state index is 0.344. The lowest BCUT2D eigenvalue weighted by atomic mass is 9.72. The number of hydrogen-bond acceptors (Lipinski definition) is 5. The zero-order chi connectivity index (χ0) is 21.2. The van der Waals surface area contributed by atoms with Gasteiger partial charge in [-0.05, 0) is 65.9 Å². The van der Waals surface area contributed by atoms with Crippen LogP contribution in [0.1, 0.15) is 54.8 Å². The SMILES string of the molecule is Cc1nn(CCc2nc3c4c5c(sc4ncn3n2)CC(C(C)(C)C)CC5)c(C)c1Br. The van der Waals surface area contributed by atoms with E-state index in [9.17, 15) is 0 Å². The third kappa shape index (κ3) is 3.28. The molecule has 1 unspecified atom stereocenters. The molecule has 1 aliphatic carbocycles. The highest BCUT2D eigenvalue weighted by Gasteiger charge is 2.31. The van der Waals surface area contributed by atoms with Crippen molar-refractivity contribution in [2.24, 2.45) is 11.3 Å². The number of aromatic nitrogens is 6. The summed E-state index contributed by atoms with van der Waals surface area (Å²) in [7, 11) is 0. The van der Waals surface area contributed by atoms with E-state index in [1.165, 1.54) is 22.2 Å². The van der Waals surface area contributed by atoms with E-state index in [1.54, 1.807) is 0 Å². The van der Waals surface area contributed by atoms with Crippen molar-refractivity contribution in [2.75, 3.05) is 0 Å². The van der Waals surface area contributed by atoms with Crippen LogP contribution in [0.25, 0.3) is 15.9 Å². The van der Waals surface area contributed by atoms with Gasteiger partial charge in [0.25, 0.3) is 0 Å². The first kappa shape index (κ1) is 20.1. The first-order valence-electron chi connectivity index (χ1n) is 10.6. The molecule has 6 nitrogen and oxygen atoms in total. The van der Waals surface area contributed by atoms with Gasteiger partial charge in [0, 0.05) is 23.5 Å². The van der Waals surface area contributed by atoms with Crippen molar-refractivity contribution < 1.29 is 0 Å². The number of aryl methyl sites for hydroxylation is 4. The molecule has 0 saturated carbocycles. The Kier molecular flexibility index (Phi) is 4.78. The summed E-state index contributed by atoms with van der Waals surface area (Å²) in [6.07, 6.45) is 6.06. The van der Waals surface area contributed by atoms with Gasteiger partial charge in [-0.1, -0.05) is 20.8 Å². The van der Waals surface area contributed by atoms with Crippen molar-refractivity contribution >= 4 is 43.1 Å². The Labute approximate surface area is 188 Å². The number of rotatable bonds is 3. The Bertz CT molecular complexity index is 1260. The topological polar surface area (TPSA) is 60.9 Å². The van der Waals surface area contributed by atoms with Crippen molar-refractivity contribution in [1.29, 1.82) is 0 Å². The van der Waals surface area contributed by atoms with Gasteiger partial charge in [-0.25, -0.2) is 14.5 Å². The summed E-state index contributed by atoms with van der Waals surface area (Å²) in [4.78, 5) is 12.2. The summed E-state index contributed by atoms with van der Waals surface area (Å²) in [5, 5.41) is 10.5. The molecule has 0 saturated heterocycles. The molecule has 0 aliphatic heterocycles. The summed E-state index contributed by atoms with van der Waals surface area (Å²) < 4.78 is 4.96. The van der Waals surface area contributed by atoms with Crippen LogP contribution in [0.15, 0.2) is 10.8 Å².